The van der Waals surface area contributed by atoms with Crippen LogP contribution < -0.4 is 16.0 Å². The van der Waals surface area contributed by atoms with Crippen molar-refractivity contribution < 1.29 is 14.0 Å². The zero-order chi connectivity index (χ0) is 24.3. The highest BCUT2D eigenvalue weighted by Gasteiger charge is 2.69. The van der Waals surface area contributed by atoms with E-state index in [1.807, 2.05) is 13.8 Å². The Labute approximate surface area is 208 Å². The molecule has 180 valence electrons. The number of carbonyl (C=O) groups excluding carboxylic acids is 2. The summed E-state index contributed by atoms with van der Waals surface area (Å²) in [6.07, 6.45) is 5.15. The van der Waals surface area contributed by atoms with Gasteiger partial charge in [0.2, 0.25) is 11.8 Å². The van der Waals surface area contributed by atoms with Crippen LogP contribution in [0.3, 0.4) is 0 Å². The van der Waals surface area contributed by atoms with E-state index < -0.39 is 28.7 Å². The molecule has 1 aliphatic carbocycles. The molecule has 0 aromatic heterocycles. The van der Waals surface area contributed by atoms with Crippen molar-refractivity contribution in [2.45, 2.75) is 74.9 Å². The molecule has 2 aliphatic heterocycles. The fourth-order valence-corrected chi connectivity index (χ4v) is 6.74. The molecule has 5 rings (SSSR count). The molecule has 0 radical (unpaired) electrons. The number of benzene rings is 2. The van der Waals surface area contributed by atoms with Gasteiger partial charge in [0.15, 0.2) is 0 Å². The van der Waals surface area contributed by atoms with Crippen LogP contribution in [-0.2, 0) is 15.0 Å². The smallest absolute Gasteiger partial charge is 0.238 e. The number of rotatable bonds is 3. The van der Waals surface area contributed by atoms with Gasteiger partial charge in [0, 0.05) is 28.2 Å². The van der Waals surface area contributed by atoms with Gasteiger partial charge in [-0.3, -0.25) is 14.9 Å². The third-order valence-electron chi connectivity index (χ3n) is 7.87. The van der Waals surface area contributed by atoms with Gasteiger partial charge in [-0.15, -0.1) is 0 Å². The van der Waals surface area contributed by atoms with Crippen molar-refractivity contribution in [2.24, 2.45) is 0 Å². The van der Waals surface area contributed by atoms with Gasteiger partial charge in [0.05, 0.1) is 11.1 Å². The minimum absolute atomic E-state index is 0.0430. The third-order valence-corrected chi connectivity index (χ3v) is 8.39. The minimum atomic E-state index is -1.26. The number of hydrogen-bond donors (Lipinski definition) is 3. The quantitative estimate of drug-likeness (QED) is 0.531. The van der Waals surface area contributed by atoms with E-state index in [0.29, 0.717) is 16.3 Å². The van der Waals surface area contributed by atoms with Crippen LogP contribution in [0, 0.1) is 5.82 Å². The first-order chi connectivity index (χ1) is 16.2. The lowest BCUT2D eigenvalue weighted by atomic mass is 9.60. The third kappa shape index (κ3) is 3.45. The topological polar surface area (TPSA) is 70.2 Å². The molecular formula is C26H28Cl2FN3O2. The second kappa shape index (κ2) is 8.51. The molecule has 3 N–H and O–H groups in total. The van der Waals surface area contributed by atoms with E-state index in [1.165, 1.54) is 12.5 Å². The lowest BCUT2D eigenvalue weighted by molar-refractivity contribution is -0.124. The molecule has 0 bridgehead atoms. The highest BCUT2D eigenvalue weighted by molar-refractivity contribution is 6.31. The summed E-state index contributed by atoms with van der Waals surface area (Å²) in [5, 5.41) is 9.99. The van der Waals surface area contributed by atoms with Crippen LogP contribution in [0.25, 0.3) is 0 Å². The highest BCUT2D eigenvalue weighted by Crippen LogP contribution is 2.59. The maximum atomic E-state index is 15.6. The van der Waals surface area contributed by atoms with Crippen molar-refractivity contribution in [3.05, 3.63) is 63.4 Å². The first-order valence-electron chi connectivity index (χ1n) is 11.8. The van der Waals surface area contributed by atoms with E-state index in [2.05, 4.69) is 16.0 Å². The summed E-state index contributed by atoms with van der Waals surface area (Å²) < 4.78 is 15.6. The van der Waals surface area contributed by atoms with Crippen molar-refractivity contribution in [3.8, 4) is 0 Å². The lowest BCUT2D eigenvalue weighted by Crippen LogP contribution is -2.55. The molecule has 1 saturated heterocycles. The molecule has 3 atom stereocenters. The minimum Gasteiger partial charge on any atom is -0.352 e. The Morgan fingerprint density at radius 3 is 2.59 bits per heavy atom. The molecule has 34 heavy (non-hydrogen) atoms. The zero-order valence-electron chi connectivity index (χ0n) is 19.2. The van der Waals surface area contributed by atoms with E-state index in [1.54, 1.807) is 30.3 Å². The van der Waals surface area contributed by atoms with Gasteiger partial charge in [-0.2, -0.15) is 0 Å². The number of fused-ring (bicyclic) bond motifs is 2. The van der Waals surface area contributed by atoms with Gasteiger partial charge >= 0.3 is 0 Å². The van der Waals surface area contributed by atoms with Gasteiger partial charge in [-0.05, 0) is 56.0 Å². The second-order valence-corrected chi connectivity index (χ2v) is 11.0. The summed E-state index contributed by atoms with van der Waals surface area (Å²) in [7, 11) is 0. The van der Waals surface area contributed by atoms with E-state index >= 15 is 4.39 Å². The number of amides is 2. The summed E-state index contributed by atoms with van der Waals surface area (Å²) in [6, 6.07) is 9.22. The van der Waals surface area contributed by atoms with Crippen molar-refractivity contribution in [2.75, 3.05) is 5.32 Å². The van der Waals surface area contributed by atoms with Crippen LogP contribution in [0.5, 0.6) is 0 Å². The van der Waals surface area contributed by atoms with Gasteiger partial charge in [-0.1, -0.05) is 60.7 Å². The molecule has 2 amide bonds. The molecule has 5 nitrogen and oxygen atoms in total. The van der Waals surface area contributed by atoms with Gasteiger partial charge in [0.25, 0.3) is 0 Å². The van der Waals surface area contributed by atoms with Crippen molar-refractivity contribution in [3.63, 3.8) is 0 Å². The number of carbonyl (C=O) groups is 2. The maximum absolute atomic E-state index is 15.6. The Hall–Kier alpha value is -2.15. The van der Waals surface area contributed by atoms with E-state index in [-0.39, 0.29) is 28.4 Å². The van der Waals surface area contributed by atoms with Crippen molar-refractivity contribution >= 4 is 40.7 Å². The summed E-state index contributed by atoms with van der Waals surface area (Å²) in [6.45, 7) is 3.78. The molecule has 2 aromatic rings. The monoisotopic (exact) mass is 503 g/mol. The van der Waals surface area contributed by atoms with Crippen molar-refractivity contribution in [1.82, 2.24) is 10.6 Å². The van der Waals surface area contributed by atoms with Crippen molar-refractivity contribution in [1.29, 1.82) is 0 Å². The molecular weight excluding hydrogens is 476 g/mol. The number of anilines is 1. The Kier molecular flexibility index (Phi) is 5.90. The Morgan fingerprint density at radius 1 is 1.12 bits per heavy atom. The van der Waals surface area contributed by atoms with Gasteiger partial charge in [0.1, 0.15) is 11.2 Å². The van der Waals surface area contributed by atoms with E-state index in [4.69, 9.17) is 23.2 Å². The molecule has 0 unspecified atom stereocenters. The number of hydrogen-bond acceptors (Lipinski definition) is 3. The van der Waals surface area contributed by atoms with Crippen LogP contribution in [0.1, 0.15) is 63.0 Å². The fourth-order valence-electron chi connectivity index (χ4n) is 6.39. The number of halogens is 3. The van der Waals surface area contributed by atoms with E-state index in [0.717, 1.165) is 25.7 Å². The largest absolute Gasteiger partial charge is 0.352 e. The zero-order valence-corrected chi connectivity index (χ0v) is 20.7. The molecule has 2 heterocycles. The average molecular weight is 504 g/mol. The maximum Gasteiger partial charge on any atom is 0.238 e. The molecule has 3 aliphatic rings. The Balaban J connectivity index is 1.68. The second-order valence-electron chi connectivity index (χ2n) is 10.2. The van der Waals surface area contributed by atoms with Crippen LogP contribution in [0.4, 0.5) is 10.1 Å². The normalized spacial score (nSPS) is 28.1. The van der Waals surface area contributed by atoms with Crippen LogP contribution >= 0.6 is 23.2 Å². The highest BCUT2D eigenvalue weighted by atomic mass is 35.5. The molecule has 2 aromatic carbocycles. The van der Waals surface area contributed by atoms with Gasteiger partial charge < -0.3 is 10.6 Å². The standard InChI is InChI=1S/C26H28Cl2FN3O2/c1-25(2)26(17-12-11-14(27)13-19(17)31-24(26)34)20(16-9-6-10-18(28)21(16)29)22(32-25)23(33)30-15-7-4-3-5-8-15/h6,9-13,15,20,22,32H,3-5,7-8H2,1-2H3,(H,30,33)(H,31,34)/t20-,22+,26+/m0/s1. The molecule has 1 spiro atoms. The predicted molar refractivity (Wildman–Crippen MR) is 132 cm³/mol. The summed E-state index contributed by atoms with van der Waals surface area (Å²) in [5.41, 5.74) is -0.630. The van der Waals surface area contributed by atoms with E-state index in [9.17, 15) is 9.59 Å². The molecule has 8 heteroatoms. The first-order valence-corrected chi connectivity index (χ1v) is 12.6. The Morgan fingerprint density at radius 2 is 1.85 bits per heavy atom. The number of nitrogens with one attached hydrogen (secondary N) is 3. The lowest BCUT2D eigenvalue weighted by Gasteiger charge is -2.40. The fraction of sp³-hybridized carbons (Fsp3) is 0.462. The van der Waals surface area contributed by atoms with Gasteiger partial charge in [-0.25, -0.2) is 4.39 Å². The Bertz CT molecular complexity index is 1160. The summed E-state index contributed by atoms with van der Waals surface area (Å²) in [4.78, 5) is 27.6. The first kappa shape index (κ1) is 23.6. The predicted octanol–water partition coefficient (Wildman–Crippen LogP) is 5.31. The SMILES string of the molecule is CC1(C)N[C@@H](C(=O)NC2CCCCC2)[C@H](c2cccc(Cl)c2F)[C@]12C(=O)Nc1cc(Cl)ccc12. The van der Waals surface area contributed by atoms with Crippen LogP contribution in [0.15, 0.2) is 36.4 Å². The summed E-state index contributed by atoms with van der Waals surface area (Å²) in [5.74, 6) is -1.96. The van der Waals surface area contributed by atoms with Crippen LogP contribution in [-0.4, -0.2) is 29.4 Å². The average Bonchev–Trinajstić information content (AvgIpc) is 3.22. The summed E-state index contributed by atoms with van der Waals surface area (Å²) >= 11 is 12.4. The van der Waals surface area contributed by atoms with Crippen LogP contribution in [0.2, 0.25) is 10.0 Å². The molecule has 1 saturated carbocycles. The molecule has 2 fully saturated rings.